The second-order valence-corrected chi connectivity index (χ2v) is 7.21. The van der Waals surface area contributed by atoms with E-state index in [-0.39, 0.29) is 11.7 Å². The number of anilines is 2. The normalized spacial score (nSPS) is 16.9. The van der Waals surface area contributed by atoms with Gasteiger partial charge in [-0.15, -0.1) is 0 Å². The fraction of sp³-hybridized carbons (Fsp3) is 0.421. The number of carbonyl (C=O) groups is 1. The summed E-state index contributed by atoms with van der Waals surface area (Å²) in [6.07, 6.45) is 3.96. The van der Waals surface area contributed by atoms with Gasteiger partial charge >= 0.3 is 6.09 Å². The van der Waals surface area contributed by atoms with E-state index in [1.807, 2.05) is 6.07 Å². The Morgan fingerprint density at radius 2 is 2.12 bits per heavy atom. The van der Waals surface area contributed by atoms with E-state index >= 15 is 0 Å². The molecule has 2 N–H and O–H groups in total. The number of benzene rings is 1. The van der Waals surface area contributed by atoms with Crippen molar-refractivity contribution in [3.05, 3.63) is 47.7 Å². The van der Waals surface area contributed by atoms with Crippen molar-refractivity contribution < 1.29 is 18.3 Å². The summed E-state index contributed by atoms with van der Waals surface area (Å²) in [5, 5.41) is 5.86. The van der Waals surface area contributed by atoms with Crippen LogP contribution in [-0.4, -0.2) is 11.7 Å². The summed E-state index contributed by atoms with van der Waals surface area (Å²) in [6, 6.07) is 6.64. The van der Waals surface area contributed by atoms with E-state index in [1.54, 1.807) is 39.2 Å². The second-order valence-electron chi connectivity index (χ2n) is 7.21. The Bertz CT molecular complexity index is 764. The molecule has 0 fully saturated rings. The summed E-state index contributed by atoms with van der Waals surface area (Å²) in [7, 11) is 0. The van der Waals surface area contributed by atoms with Crippen molar-refractivity contribution >= 4 is 17.5 Å². The first-order chi connectivity index (χ1) is 11.8. The number of fused-ring (bicyclic) bond motifs is 1. The van der Waals surface area contributed by atoms with Gasteiger partial charge in [0.2, 0.25) is 0 Å². The summed E-state index contributed by atoms with van der Waals surface area (Å²) >= 11 is 0. The Morgan fingerprint density at radius 1 is 1.32 bits per heavy atom. The van der Waals surface area contributed by atoms with Crippen LogP contribution in [0.2, 0.25) is 0 Å². The standard InChI is InChI=1S/C19H23FN2O3/c1-19(2,3)25-18(23)22-16-11-12(7-8-14(16)20)21-15-5-4-6-17-13(15)9-10-24-17/h7-11,15,21H,4-6H2,1-3H3,(H,22,23). The number of ether oxygens (including phenoxy) is 1. The van der Waals surface area contributed by atoms with Gasteiger partial charge in [-0.1, -0.05) is 0 Å². The minimum Gasteiger partial charge on any atom is -0.469 e. The Kier molecular flexibility index (Phi) is 4.70. The van der Waals surface area contributed by atoms with E-state index in [4.69, 9.17) is 9.15 Å². The predicted octanol–water partition coefficient (Wildman–Crippen LogP) is 5.26. The third-order valence-corrected chi connectivity index (χ3v) is 3.99. The molecule has 1 aliphatic carbocycles. The number of rotatable bonds is 3. The highest BCUT2D eigenvalue weighted by Gasteiger charge is 2.23. The van der Waals surface area contributed by atoms with E-state index in [9.17, 15) is 9.18 Å². The number of aryl methyl sites for hydroxylation is 1. The molecule has 1 atom stereocenters. The maximum Gasteiger partial charge on any atom is 0.412 e. The average Bonchev–Trinajstić information content (AvgIpc) is 2.98. The lowest BCUT2D eigenvalue weighted by molar-refractivity contribution is 0.0635. The van der Waals surface area contributed by atoms with Crippen LogP contribution in [0.3, 0.4) is 0 Å². The average molecular weight is 346 g/mol. The first-order valence-electron chi connectivity index (χ1n) is 8.44. The van der Waals surface area contributed by atoms with Crippen LogP contribution in [0.15, 0.2) is 34.9 Å². The lowest BCUT2D eigenvalue weighted by Gasteiger charge is -2.24. The highest BCUT2D eigenvalue weighted by Crippen LogP contribution is 2.34. The number of carbonyl (C=O) groups excluding carboxylic acids is 1. The van der Waals surface area contributed by atoms with Gasteiger partial charge in [-0.2, -0.15) is 0 Å². The van der Waals surface area contributed by atoms with Crippen molar-refractivity contribution in [2.45, 2.75) is 51.7 Å². The molecular weight excluding hydrogens is 323 g/mol. The van der Waals surface area contributed by atoms with Crippen LogP contribution in [0, 0.1) is 5.82 Å². The van der Waals surface area contributed by atoms with Crippen molar-refractivity contribution in [3.63, 3.8) is 0 Å². The molecule has 1 aliphatic rings. The van der Waals surface area contributed by atoms with Gasteiger partial charge in [0.05, 0.1) is 18.0 Å². The van der Waals surface area contributed by atoms with Gasteiger partial charge in [0.25, 0.3) is 0 Å². The summed E-state index contributed by atoms with van der Waals surface area (Å²) < 4.78 is 24.7. The van der Waals surface area contributed by atoms with Crippen molar-refractivity contribution in [2.75, 3.05) is 10.6 Å². The van der Waals surface area contributed by atoms with Gasteiger partial charge in [0.15, 0.2) is 0 Å². The van der Waals surface area contributed by atoms with Gasteiger partial charge < -0.3 is 14.5 Å². The van der Waals surface area contributed by atoms with Crippen LogP contribution in [0.4, 0.5) is 20.6 Å². The van der Waals surface area contributed by atoms with E-state index in [1.165, 1.54) is 6.07 Å². The molecule has 0 radical (unpaired) electrons. The third kappa shape index (κ3) is 4.32. The molecule has 1 heterocycles. The van der Waals surface area contributed by atoms with Crippen LogP contribution in [0.1, 0.15) is 51.0 Å². The van der Waals surface area contributed by atoms with Crippen LogP contribution >= 0.6 is 0 Å². The minimum atomic E-state index is -0.682. The maximum atomic E-state index is 14.0. The number of amides is 1. The number of hydrogen-bond acceptors (Lipinski definition) is 4. The molecule has 0 spiro atoms. The van der Waals surface area contributed by atoms with E-state index in [0.29, 0.717) is 0 Å². The van der Waals surface area contributed by atoms with Gasteiger partial charge in [-0.05, 0) is 57.9 Å². The largest absolute Gasteiger partial charge is 0.469 e. The molecule has 2 aromatic rings. The van der Waals surface area contributed by atoms with E-state index in [0.717, 1.165) is 36.3 Å². The number of furan rings is 1. The van der Waals surface area contributed by atoms with Crippen molar-refractivity contribution in [1.29, 1.82) is 0 Å². The predicted molar refractivity (Wildman–Crippen MR) is 94.3 cm³/mol. The Hall–Kier alpha value is -2.50. The highest BCUT2D eigenvalue weighted by molar-refractivity contribution is 5.85. The van der Waals surface area contributed by atoms with Gasteiger partial charge in [0.1, 0.15) is 17.2 Å². The summed E-state index contributed by atoms with van der Waals surface area (Å²) in [5.74, 6) is 0.488. The quantitative estimate of drug-likeness (QED) is 0.796. The third-order valence-electron chi connectivity index (χ3n) is 3.99. The Morgan fingerprint density at radius 3 is 2.88 bits per heavy atom. The second kappa shape index (κ2) is 6.78. The monoisotopic (exact) mass is 346 g/mol. The highest BCUT2D eigenvalue weighted by atomic mass is 19.1. The SMILES string of the molecule is CC(C)(C)OC(=O)Nc1cc(NC2CCCc3occc32)ccc1F. The molecule has 0 saturated carbocycles. The molecule has 1 aromatic heterocycles. The maximum absolute atomic E-state index is 14.0. The Labute approximate surface area is 146 Å². The first kappa shape index (κ1) is 17.3. The molecule has 1 amide bonds. The summed E-state index contributed by atoms with van der Waals surface area (Å²) in [6.45, 7) is 5.27. The zero-order valence-corrected chi connectivity index (χ0v) is 14.7. The van der Waals surface area contributed by atoms with Crippen LogP contribution in [0.5, 0.6) is 0 Å². The van der Waals surface area contributed by atoms with Crippen LogP contribution in [0.25, 0.3) is 0 Å². The van der Waals surface area contributed by atoms with Crippen molar-refractivity contribution in [1.82, 2.24) is 0 Å². The number of nitrogens with one attached hydrogen (secondary N) is 2. The summed E-state index contributed by atoms with van der Waals surface area (Å²) in [4.78, 5) is 11.9. The zero-order valence-electron chi connectivity index (χ0n) is 14.7. The molecular formula is C19H23FN2O3. The molecule has 134 valence electrons. The van der Waals surface area contributed by atoms with E-state index < -0.39 is 17.5 Å². The molecule has 0 aliphatic heterocycles. The molecule has 25 heavy (non-hydrogen) atoms. The van der Waals surface area contributed by atoms with Crippen LogP contribution in [-0.2, 0) is 11.2 Å². The smallest absolute Gasteiger partial charge is 0.412 e. The number of halogens is 1. The minimum absolute atomic E-state index is 0.0856. The number of hydrogen-bond donors (Lipinski definition) is 2. The topological polar surface area (TPSA) is 63.5 Å². The van der Waals surface area contributed by atoms with Gasteiger partial charge in [0, 0.05) is 17.7 Å². The van der Waals surface area contributed by atoms with Crippen molar-refractivity contribution in [2.24, 2.45) is 0 Å². The van der Waals surface area contributed by atoms with Crippen molar-refractivity contribution in [3.8, 4) is 0 Å². The molecule has 6 heteroatoms. The van der Waals surface area contributed by atoms with Gasteiger partial charge in [-0.3, -0.25) is 5.32 Å². The van der Waals surface area contributed by atoms with Gasteiger partial charge in [-0.25, -0.2) is 9.18 Å². The fourth-order valence-electron chi connectivity index (χ4n) is 2.96. The molecule has 5 nitrogen and oxygen atoms in total. The molecule has 0 bridgehead atoms. The van der Waals surface area contributed by atoms with E-state index in [2.05, 4.69) is 10.6 Å². The molecule has 3 rings (SSSR count). The zero-order chi connectivity index (χ0) is 18.0. The summed E-state index contributed by atoms with van der Waals surface area (Å²) in [5.41, 5.74) is 1.31. The Balaban J connectivity index is 1.73. The first-order valence-corrected chi connectivity index (χ1v) is 8.44. The lowest BCUT2D eigenvalue weighted by atomic mass is 9.93. The van der Waals surface area contributed by atoms with Crippen LogP contribution < -0.4 is 10.6 Å². The molecule has 0 saturated heterocycles. The molecule has 1 aromatic carbocycles. The fourth-order valence-corrected chi connectivity index (χ4v) is 2.96. The lowest BCUT2D eigenvalue weighted by Crippen LogP contribution is -2.27. The molecule has 1 unspecified atom stereocenters.